The second kappa shape index (κ2) is 3.82. The maximum absolute atomic E-state index is 2.24. The summed E-state index contributed by atoms with van der Waals surface area (Å²) < 4.78 is 0. The maximum Gasteiger partial charge on any atom is 0.00771 e. The summed E-state index contributed by atoms with van der Waals surface area (Å²) in [4.78, 5) is 1.39. The zero-order valence-electron chi connectivity index (χ0n) is 7.35. The lowest BCUT2D eigenvalue weighted by Gasteiger charge is -2.01. The summed E-state index contributed by atoms with van der Waals surface area (Å²) in [5.74, 6) is 1.16. The number of hydrogen-bond acceptors (Lipinski definition) is 1. The van der Waals surface area contributed by atoms with Crippen LogP contribution in [-0.4, -0.2) is 5.75 Å². The highest BCUT2D eigenvalue weighted by atomic mass is 32.2. The minimum Gasteiger partial charge on any atom is -0.126 e. The van der Waals surface area contributed by atoms with Crippen LogP contribution in [0.15, 0.2) is 23.1 Å². The highest BCUT2D eigenvalue weighted by molar-refractivity contribution is 7.99. The van der Waals surface area contributed by atoms with Gasteiger partial charge in [-0.25, -0.2) is 0 Å². The quantitative estimate of drug-likeness (QED) is 0.607. The van der Waals surface area contributed by atoms with Gasteiger partial charge in [-0.2, -0.15) is 0 Å². The molecule has 60 valence electrons. The van der Waals surface area contributed by atoms with Crippen molar-refractivity contribution in [2.75, 3.05) is 5.75 Å². The van der Waals surface area contributed by atoms with Crippen LogP contribution in [0.3, 0.4) is 0 Å². The highest BCUT2D eigenvalue weighted by Gasteiger charge is 1.93. The molecule has 0 radical (unpaired) electrons. The van der Waals surface area contributed by atoms with Gasteiger partial charge in [0.2, 0.25) is 0 Å². The number of aryl methyl sites for hydroxylation is 2. The van der Waals surface area contributed by atoms with Crippen molar-refractivity contribution in [1.82, 2.24) is 0 Å². The number of benzene rings is 1. The second-order valence-electron chi connectivity index (χ2n) is 2.76. The molecule has 0 fully saturated rings. The Kier molecular flexibility index (Phi) is 3.01. The summed E-state index contributed by atoms with van der Waals surface area (Å²) in [6, 6.07) is 6.68. The average Bonchev–Trinajstić information content (AvgIpc) is 1.85. The molecule has 0 unspecified atom stereocenters. The molecule has 0 aliphatic rings. The first-order valence-corrected chi connectivity index (χ1v) is 4.92. The van der Waals surface area contributed by atoms with E-state index in [1.165, 1.54) is 16.0 Å². The molecule has 0 N–H and O–H groups in total. The van der Waals surface area contributed by atoms with Crippen molar-refractivity contribution in [3.63, 3.8) is 0 Å². The van der Waals surface area contributed by atoms with Gasteiger partial charge in [-0.15, -0.1) is 11.8 Å². The molecule has 1 aromatic carbocycles. The van der Waals surface area contributed by atoms with E-state index in [0.29, 0.717) is 0 Å². The van der Waals surface area contributed by atoms with E-state index < -0.39 is 0 Å². The monoisotopic (exact) mass is 166 g/mol. The topological polar surface area (TPSA) is 0 Å². The molecule has 0 saturated heterocycles. The third-order valence-electron chi connectivity index (χ3n) is 1.51. The van der Waals surface area contributed by atoms with Gasteiger partial charge < -0.3 is 0 Å². The lowest BCUT2D eigenvalue weighted by molar-refractivity contribution is 1.29. The fourth-order valence-electron chi connectivity index (χ4n) is 1.18. The molecule has 0 atom stereocenters. The fraction of sp³-hybridized carbons (Fsp3) is 0.400. The molecular formula is C10H14S. The third kappa shape index (κ3) is 2.58. The number of rotatable bonds is 2. The average molecular weight is 166 g/mol. The first kappa shape index (κ1) is 8.66. The molecule has 1 rings (SSSR count). The minimum absolute atomic E-state index is 1.16. The Morgan fingerprint density at radius 1 is 1.09 bits per heavy atom. The highest BCUT2D eigenvalue weighted by Crippen LogP contribution is 2.20. The third-order valence-corrected chi connectivity index (χ3v) is 2.36. The van der Waals surface area contributed by atoms with E-state index >= 15 is 0 Å². The zero-order valence-corrected chi connectivity index (χ0v) is 8.16. The molecular weight excluding hydrogens is 152 g/mol. The number of thioether (sulfide) groups is 1. The van der Waals surface area contributed by atoms with Crippen molar-refractivity contribution in [3.8, 4) is 0 Å². The standard InChI is InChI=1S/C10H14S/c1-4-11-10-6-8(2)5-9(3)7-10/h5-7H,4H2,1-3H3. The van der Waals surface area contributed by atoms with E-state index in [4.69, 9.17) is 0 Å². The summed E-state index contributed by atoms with van der Waals surface area (Å²) in [5.41, 5.74) is 2.72. The van der Waals surface area contributed by atoms with Crippen molar-refractivity contribution in [3.05, 3.63) is 29.3 Å². The SMILES string of the molecule is CCSc1cc(C)cc(C)c1. The van der Waals surface area contributed by atoms with E-state index in [2.05, 4.69) is 39.0 Å². The Morgan fingerprint density at radius 2 is 1.64 bits per heavy atom. The lowest BCUT2D eigenvalue weighted by atomic mass is 10.2. The van der Waals surface area contributed by atoms with Crippen LogP contribution in [0.25, 0.3) is 0 Å². The first-order chi connectivity index (χ1) is 5.22. The van der Waals surface area contributed by atoms with Crippen molar-refractivity contribution >= 4 is 11.8 Å². The molecule has 0 amide bonds. The van der Waals surface area contributed by atoms with Crippen molar-refractivity contribution in [2.45, 2.75) is 25.7 Å². The van der Waals surface area contributed by atoms with Gasteiger partial charge in [0.1, 0.15) is 0 Å². The summed E-state index contributed by atoms with van der Waals surface area (Å²) >= 11 is 1.90. The second-order valence-corrected chi connectivity index (χ2v) is 4.09. The Labute approximate surface area is 73.0 Å². The molecule has 0 aliphatic carbocycles. The van der Waals surface area contributed by atoms with Crippen molar-refractivity contribution < 1.29 is 0 Å². The van der Waals surface area contributed by atoms with Crippen LogP contribution in [0, 0.1) is 13.8 Å². The fourth-order valence-corrected chi connectivity index (χ4v) is 2.05. The van der Waals surface area contributed by atoms with Gasteiger partial charge in [-0.1, -0.05) is 13.0 Å². The van der Waals surface area contributed by atoms with Crippen molar-refractivity contribution in [2.24, 2.45) is 0 Å². The van der Waals surface area contributed by atoms with Crippen LogP contribution in [0.4, 0.5) is 0 Å². The largest absolute Gasteiger partial charge is 0.126 e. The molecule has 0 aromatic heterocycles. The molecule has 0 aliphatic heterocycles. The molecule has 0 spiro atoms. The van der Waals surface area contributed by atoms with Gasteiger partial charge in [0.25, 0.3) is 0 Å². The van der Waals surface area contributed by atoms with Crippen LogP contribution in [-0.2, 0) is 0 Å². The lowest BCUT2D eigenvalue weighted by Crippen LogP contribution is -1.79. The Balaban J connectivity index is 2.89. The predicted molar refractivity (Wildman–Crippen MR) is 52.3 cm³/mol. The van der Waals surface area contributed by atoms with E-state index in [9.17, 15) is 0 Å². The Morgan fingerprint density at radius 3 is 2.09 bits per heavy atom. The minimum atomic E-state index is 1.16. The van der Waals surface area contributed by atoms with Crippen LogP contribution >= 0.6 is 11.8 Å². The van der Waals surface area contributed by atoms with Gasteiger partial charge in [0, 0.05) is 4.90 Å². The smallest absolute Gasteiger partial charge is 0.00771 e. The van der Waals surface area contributed by atoms with Gasteiger partial charge in [0.15, 0.2) is 0 Å². The zero-order chi connectivity index (χ0) is 8.27. The van der Waals surface area contributed by atoms with Gasteiger partial charge >= 0.3 is 0 Å². The summed E-state index contributed by atoms with van der Waals surface area (Å²) in [6.07, 6.45) is 0. The molecule has 0 saturated carbocycles. The molecule has 0 bridgehead atoms. The molecule has 1 heteroatoms. The van der Waals surface area contributed by atoms with Gasteiger partial charge in [0.05, 0.1) is 0 Å². The van der Waals surface area contributed by atoms with Gasteiger partial charge in [-0.3, -0.25) is 0 Å². The predicted octanol–water partition coefficient (Wildman–Crippen LogP) is 3.42. The molecule has 0 heterocycles. The maximum atomic E-state index is 2.24. The Bertz CT molecular complexity index is 220. The van der Waals surface area contributed by atoms with Crippen LogP contribution in [0.2, 0.25) is 0 Å². The van der Waals surface area contributed by atoms with Crippen LogP contribution < -0.4 is 0 Å². The molecule has 11 heavy (non-hydrogen) atoms. The molecule has 0 nitrogen and oxygen atoms in total. The van der Waals surface area contributed by atoms with Crippen LogP contribution in [0.5, 0.6) is 0 Å². The summed E-state index contributed by atoms with van der Waals surface area (Å²) in [7, 11) is 0. The number of hydrogen-bond donors (Lipinski definition) is 0. The van der Waals surface area contributed by atoms with E-state index in [1.807, 2.05) is 11.8 Å². The summed E-state index contributed by atoms with van der Waals surface area (Å²) in [6.45, 7) is 6.47. The van der Waals surface area contributed by atoms with Gasteiger partial charge in [-0.05, 0) is 42.9 Å². The van der Waals surface area contributed by atoms with E-state index in [1.54, 1.807) is 0 Å². The summed E-state index contributed by atoms with van der Waals surface area (Å²) in [5, 5.41) is 0. The van der Waals surface area contributed by atoms with Crippen LogP contribution in [0.1, 0.15) is 18.1 Å². The first-order valence-electron chi connectivity index (χ1n) is 3.93. The van der Waals surface area contributed by atoms with E-state index in [-0.39, 0.29) is 0 Å². The van der Waals surface area contributed by atoms with Crippen molar-refractivity contribution in [1.29, 1.82) is 0 Å². The van der Waals surface area contributed by atoms with E-state index in [0.717, 1.165) is 5.75 Å². The Hall–Kier alpha value is -0.430. The normalized spacial score (nSPS) is 10.1. The molecule has 1 aromatic rings.